The van der Waals surface area contributed by atoms with Crippen LogP contribution in [0.1, 0.15) is 22.7 Å². The Labute approximate surface area is 161 Å². The summed E-state index contributed by atoms with van der Waals surface area (Å²) in [5.74, 6) is -2.06. The molecule has 27 heavy (non-hydrogen) atoms. The average molecular weight is 408 g/mol. The Morgan fingerprint density at radius 3 is 2.04 bits per heavy atom. The molecule has 0 aromatic heterocycles. The van der Waals surface area contributed by atoms with Gasteiger partial charge < -0.3 is 0 Å². The molecule has 0 heterocycles. The van der Waals surface area contributed by atoms with E-state index in [0.717, 1.165) is 17.7 Å². The number of hydrogen-bond acceptors (Lipinski definition) is 2. The number of hydrogen-bond donors (Lipinski definition) is 1. The first kappa shape index (κ1) is 19.5. The third kappa shape index (κ3) is 4.53. The summed E-state index contributed by atoms with van der Waals surface area (Å²) in [6, 6.07) is 15.2. The maximum atomic E-state index is 13.7. The Kier molecular flexibility index (Phi) is 5.60. The Balaban J connectivity index is 2.05. The highest BCUT2D eigenvalue weighted by Crippen LogP contribution is 2.27. The lowest BCUT2D eigenvalue weighted by Gasteiger charge is -2.20. The van der Waals surface area contributed by atoms with Gasteiger partial charge in [0.05, 0.1) is 10.9 Å². The molecule has 1 unspecified atom stereocenters. The fourth-order valence-electron chi connectivity index (χ4n) is 2.62. The van der Waals surface area contributed by atoms with E-state index in [4.69, 9.17) is 11.6 Å². The second-order valence-corrected chi connectivity index (χ2v) is 8.24. The largest absolute Gasteiger partial charge is 0.241 e. The van der Waals surface area contributed by atoms with E-state index < -0.39 is 27.7 Å². The van der Waals surface area contributed by atoms with Gasteiger partial charge in [0, 0.05) is 5.02 Å². The average Bonchev–Trinajstić information content (AvgIpc) is 2.63. The van der Waals surface area contributed by atoms with Crippen molar-refractivity contribution < 1.29 is 17.2 Å². The molecule has 3 rings (SSSR count). The summed E-state index contributed by atoms with van der Waals surface area (Å²) >= 11 is 5.90. The number of benzene rings is 3. The molecule has 0 bridgehead atoms. The van der Waals surface area contributed by atoms with Gasteiger partial charge in [-0.1, -0.05) is 47.5 Å². The van der Waals surface area contributed by atoms with Gasteiger partial charge >= 0.3 is 0 Å². The van der Waals surface area contributed by atoms with E-state index in [2.05, 4.69) is 4.72 Å². The summed E-state index contributed by atoms with van der Waals surface area (Å²) < 4.78 is 55.3. The van der Waals surface area contributed by atoms with Gasteiger partial charge in [-0.3, -0.25) is 0 Å². The fraction of sp³-hybridized carbons (Fsp3) is 0.100. The van der Waals surface area contributed by atoms with Crippen molar-refractivity contribution in [2.45, 2.75) is 17.9 Å². The molecule has 3 nitrogen and oxygen atoms in total. The zero-order valence-corrected chi connectivity index (χ0v) is 15.9. The van der Waals surface area contributed by atoms with E-state index in [9.17, 15) is 17.2 Å². The molecule has 0 spiro atoms. The van der Waals surface area contributed by atoms with Crippen molar-refractivity contribution in [2.75, 3.05) is 0 Å². The lowest BCUT2D eigenvalue weighted by Crippen LogP contribution is -2.29. The molecule has 0 fully saturated rings. The van der Waals surface area contributed by atoms with Crippen molar-refractivity contribution in [3.8, 4) is 0 Å². The normalized spacial score (nSPS) is 12.7. The number of nitrogens with one attached hydrogen (secondary N) is 1. The first-order chi connectivity index (χ1) is 12.8. The third-order valence-corrected chi connectivity index (χ3v) is 5.78. The summed E-state index contributed by atoms with van der Waals surface area (Å²) in [6.07, 6.45) is 0. The zero-order valence-electron chi connectivity index (χ0n) is 14.3. The molecule has 1 atom stereocenters. The molecule has 0 aliphatic heterocycles. The van der Waals surface area contributed by atoms with E-state index in [1.54, 1.807) is 36.4 Å². The molecule has 7 heteroatoms. The van der Waals surface area contributed by atoms with Crippen molar-refractivity contribution in [1.29, 1.82) is 0 Å². The summed E-state index contributed by atoms with van der Waals surface area (Å²) in [5, 5.41) is 0.476. The lowest BCUT2D eigenvalue weighted by atomic mass is 9.99. The van der Waals surface area contributed by atoms with Crippen LogP contribution in [-0.4, -0.2) is 8.42 Å². The molecule has 1 N–H and O–H groups in total. The van der Waals surface area contributed by atoms with Gasteiger partial charge in [-0.05, 0) is 54.4 Å². The molecule has 0 radical (unpaired) electrons. The van der Waals surface area contributed by atoms with Crippen LogP contribution in [0.3, 0.4) is 0 Å². The Bertz CT molecular complexity index is 1050. The molecule has 0 saturated heterocycles. The van der Waals surface area contributed by atoms with Gasteiger partial charge in [-0.15, -0.1) is 0 Å². The van der Waals surface area contributed by atoms with E-state index in [-0.39, 0.29) is 10.5 Å². The van der Waals surface area contributed by atoms with Gasteiger partial charge in [0.2, 0.25) is 10.0 Å². The predicted molar refractivity (Wildman–Crippen MR) is 101 cm³/mol. The third-order valence-electron chi connectivity index (χ3n) is 4.08. The Morgan fingerprint density at radius 1 is 0.852 bits per heavy atom. The summed E-state index contributed by atoms with van der Waals surface area (Å²) in [4.78, 5) is 0.0784. The molecular weight excluding hydrogens is 392 g/mol. The second kappa shape index (κ2) is 7.76. The van der Waals surface area contributed by atoms with Crippen molar-refractivity contribution in [1.82, 2.24) is 4.72 Å². The summed E-state index contributed by atoms with van der Waals surface area (Å²) in [6.45, 7) is 1.85. The van der Waals surface area contributed by atoms with Crippen LogP contribution < -0.4 is 4.72 Å². The monoisotopic (exact) mass is 407 g/mol. The maximum Gasteiger partial charge on any atom is 0.241 e. The summed E-state index contributed by atoms with van der Waals surface area (Å²) in [5.41, 5.74) is 1.73. The molecule has 140 valence electrons. The van der Waals surface area contributed by atoms with E-state index in [1.165, 1.54) is 18.2 Å². The highest BCUT2D eigenvalue weighted by Gasteiger charge is 2.24. The van der Waals surface area contributed by atoms with Gasteiger partial charge in [0.15, 0.2) is 11.6 Å². The number of sulfonamides is 1. The first-order valence-electron chi connectivity index (χ1n) is 8.06. The maximum absolute atomic E-state index is 13.7. The lowest BCUT2D eigenvalue weighted by molar-refractivity contribution is 0.505. The predicted octanol–water partition coefficient (Wildman–Crippen LogP) is 4.99. The topological polar surface area (TPSA) is 46.2 Å². The SMILES string of the molecule is Cc1ccc(S(=O)(=O)NC(c2ccc(Cl)cc2)c2ccc(F)c(F)c2)cc1. The molecule has 0 amide bonds. The van der Waals surface area contributed by atoms with Crippen molar-refractivity contribution >= 4 is 21.6 Å². The van der Waals surface area contributed by atoms with Crippen LogP contribution in [0.5, 0.6) is 0 Å². The number of halogens is 3. The van der Waals surface area contributed by atoms with E-state index in [1.807, 2.05) is 6.92 Å². The highest BCUT2D eigenvalue weighted by atomic mass is 35.5. The van der Waals surface area contributed by atoms with Crippen LogP contribution in [-0.2, 0) is 10.0 Å². The van der Waals surface area contributed by atoms with Crippen molar-refractivity contribution in [3.63, 3.8) is 0 Å². The second-order valence-electron chi connectivity index (χ2n) is 6.09. The fourth-order valence-corrected chi connectivity index (χ4v) is 3.96. The van der Waals surface area contributed by atoms with Crippen molar-refractivity contribution in [3.05, 3.63) is 100 Å². The minimum Gasteiger partial charge on any atom is -0.207 e. The molecule has 3 aromatic rings. The van der Waals surface area contributed by atoms with Crippen LogP contribution in [0.15, 0.2) is 71.6 Å². The Morgan fingerprint density at radius 2 is 1.44 bits per heavy atom. The highest BCUT2D eigenvalue weighted by molar-refractivity contribution is 7.89. The van der Waals surface area contributed by atoms with Crippen LogP contribution in [0.2, 0.25) is 5.02 Å². The molecular formula is C20H16ClF2NO2S. The smallest absolute Gasteiger partial charge is 0.207 e. The van der Waals surface area contributed by atoms with Crippen LogP contribution in [0, 0.1) is 18.6 Å². The molecule has 0 aliphatic rings. The Hall–Kier alpha value is -2.28. The van der Waals surface area contributed by atoms with E-state index in [0.29, 0.717) is 10.6 Å². The van der Waals surface area contributed by atoms with Crippen LogP contribution in [0.25, 0.3) is 0 Å². The van der Waals surface area contributed by atoms with Crippen molar-refractivity contribution in [2.24, 2.45) is 0 Å². The molecule has 3 aromatic carbocycles. The minimum absolute atomic E-state index is 0.0784. The summed E-state index contributed by atoms with van der Waals surface area (Å²) in [7, 11) is -3.90. The van der Waals surface area contributed by atoms with Gasteiger partial charge in [0.25, 0.3) is 0 Å². The zero-order chi connectivity index (χ0) is 19.6. The van der Waals surface area contributed by atoms with Crippen LogP contribution >= 0.6 is 11.6 Å². The van der Waals surface area contributed by atoms with Crippen LogP contribution in [0.4, 0.5) is 8.78 Å². The quantitative estimate of drug-likeness (QED) is 0.647. The van der Waals surface area contributed by atoms with E-state index >= 15 is 0 Å². The molecule has 0 saturated carbocycles. The number of rotatable bonds is 5. The standard InChI is InChI=1S/C20H16ClF2NO2S/c1-13-2-9-17(10-3-13)27(25,26)24-20(14-4-7-16(21)8-5-14)15-6-11-18(22)19(23)12-15/h2-12,20,24H,1H3. The first-order valence-corrected chi connectivity index (χ1v) is 9.92. The molecule has 0 aliphatic carbocycles. The van der Waals surface area contributed by atoms with Gasteiger partial charge in [-0.25, -0.2) is 17.2 Å². The van der Waals surface area contributed by atoms with Gasteiger partial charge in [0.1, 0.15) is 0 Å². The number of aryl methyl sites for hydroxylation is 1. The minimum atomic E-state index is -3.90. The van der Waals surface area contributed by atoms with Gasteiger partial charge in [-0.2, -0.15) is 4.72 Å².